The van der Waals surface area contributed by atoms with E-state index in [0.717, 1.165) is 0 Å². The molecule has 0 aromatic heterocycles. The number of nitrogens with zero attached hydrogens (tertiary/aromatic N) is 1. The molecule has 0 saturated heterocycles. The number of hydrogen-bond acceptors (Lipinski definition) is 3. The SMILES string of the molecule is CN(C)CC(=COc1ccccc1)C(=O)O. The van der Waals surface area contributed by atoms with E-state index in [1.54, 1.807) is 31.1 Å². The second-order valence-electron chi connectivity index (χ2n) is 3.62. The minimum absolute atomic E-state index is 0.217. The lowest BCUT2D eigenvalue weighted by atomic mass is 10.3. The summed E-state index contributed by atoms with van der Waals surface area (Å²) in [5.74, 6) is -0.343. The van der Waals surface area contributed by atoms with Gasteiger partial charge in [-0.15, -0.1) is 0 Å². The first-order chi connectivity index (χ1) is 7.59. The number of carbonyl (C=O) groups is 1. The quantitative estimate of drug-likeness (QED) is 0.606. The summed E-state index contributed by atoms with van der Waals surface area (Å²) < 4.78 is 5.26. The normalized spacial score (nSPS) is 11.6. The van der Waals surface area contributed by atoms with E-state index >= 15 is 0 Å². The second-order valence-corrected chi connectivity index (χ2v) is 3.62. The Bertz CT molecular complexity index is 371. The number of benzene rings is 1. The summed E-state index contributed by atoms with van der Waals surface area (Å²) >= 11 is 0. The van der Waals surface area contributed by atoms with Crippen molar-refractivity contribution in [3.8, 4) is 5.75 Å². The van der Waals surface area contributed by atoms with Gasteiger partial charge in [0.1, 0.15) is 12.0 Å². The summed E-state index contributed by atoms with van der Waals surface area (Å²) in [5, 5.41) is 8.93. The van der Waals surface area contributed by atoms with Crippen molar-refractivity contribution in [3.63, 3.8) is 0 Å². The van der Waals surface area contributed by atoms with Crippen molar-refractivity contribution in [1.82, 2.24) is 4.90 Å². The van der Waals surface area contributed by atoms with Crippen molar-refractivity contribution in [2.75, 3.05) is 20.6 Å². The molecule has 0 saturated carbocycles. The molecule has 0 atom stereocenters. The maximum absolute atomic E-state index is 10.9. The number of ether oxygens (including phenoxy) is 1. The molecule has 1 aromatic rings. The Morgan fingerprint density at radius 3 is 2.50 bits per heavy atom. The molecule has 4 nitrogen and oxygen atoms in total. The van der Waals surface area contributed by atoms with E-state index in [-0.39, 0.29) is 5.57 Å². The largest absolute Gasteiger partial charge is 0.478 e. The Morgan fingerprint density at radius 1 is 1.38 bits per heavy atom. The monoisotopic (exact) mass is 221 g/mol. The number of carboxylic acids is 1. The highest BCUT2D eigenvalue weighted by molar-refractivity contribution is 5.86. The zero-order chi connectivity index (χ0) is 12.0. The van der Waals surface area contributed by atoms with Crippen molar-refractivity contribution < 1.29 is 14.6 Å². The lowest BCUT2D eigenvalue weighted by Crippen LogP contribution is -2.20. The van der Waals surface area contributed by atoms with Gasteiger partial charge in [-0.25, -0.2) is 4.79 Å². The summed E-state index contributed by atoms with van der Waals surface area (Å²) in [6.07, 6.45) is 1.28. The van der Waals surface area contributed by atoms with Crippen LogP contribution in [-0.4, -0.2) is 36.6 Å². The van der Waals surface area contributed by atoms with Crippen molar-refractivity contribution in [2.24, 2.45) is 0 Å². The van der Waals surface area contributed by atoms with Gasteiger partial charge in [-0.3, -0.25) is 0 Å². The lowest BCUT2D eigenvalue weighted by Gasteiger charge is -2.10. The third-order valence-electron chi connectivity index (χ3n) is 1.84. The number of para-hydroxylation sites is 1. The van der Waals surface area contributed by atoms with Crippen LogP contribution >= 0.6 is 0 Å². The van der Waals surface area contributed by atoms with Gasteiger partial charge in [0.15, 0.2) is 0 Å². The molecule has 0 bridgehead atoms. The molecular formula is C12H15NO3. The van der Waals surface area contributed by atoms with Gasteiger partial charge in [0.25, 0.3) is 0 Å². The molecule has 1 N–H and O–H groups in total. The predicted octanol–water partition coefficient (Wildman–Crippen LogP) is 1.60. The van der Waals surface area contributed by atoms with E-state index in [1.165, 1.54) is 6.26 Å². The molecule has 86 valence electrons. The molecule has 0 heterocycles. The van der Waals surface area contributed by atoms with E-state index in [9.17, 15) is 4.79 Å². The third kappa shape index (κ3) is 4.14. The number of aliphatic carboxylic acids is 1. The number of rotatable bonds is 5. The van der Waals surface area contributed by atoms with Crippen molar-refractivity contribution in [3.05, 3.63) is 42.2 Å². The van der Waals surface area contributed by atoms with Crippen LogP contribution in [0.25, 0.3) is 0 Å². The number of hydrogen-bond donors (Lipinski definition) is 1. The van der Waals surface area contributed by atoms with Crippen LogP contribution in [0.15, 0.2) is 42.2 Å². The average molecular weight is 221 g/mol. The van der Waals surface area contributed by atoms with Gasteiger partial charge in [0.2, 0.25) is 0 Å². The molecule has 0 aliphatic heterocycles. The number of carboxylic acid groups (broad SMARTS) is 1. The highest BCUT2D eigenvalue weighted by Gasteiger charge is 2.08. The molecule has 16 heavy (non-hydrogen) atoms. The highest BCUT2D eigenvalue weighted by Crippen LogP contribution is 2.10. The van der Waals surface area contributed by atoms with Crippen LogP contribution in [0.4, 0.5) is 0 Å². The van der Waals surface area contributed by atoms with Crippen molar-refractivity contribution >= 4 is 5.97 Å². The molecule has 4 heteroatoms. The van der Waals surface area contributed by atoms with E-state index in [1.807, 2.05) is 18.2 Å². The van der Waals surface area contributed by atoms with Crippen molar-refractivity contribution in [1.29, 1.82) is 0 Å². The van der Waals surface area contributed by atoms with Gasteiger partial charge in [0, 0.05) is 6.54 Å². The standard InChI is InChI=1S/C12H15NO3/c1-13(2)8-10(12(14)15)9-16-11-6-4-3-5-7-11/h3-7,9H,8H2,1-2H3,(H,14,15). The van der Waals surface area contributed by atoms with E-state index < -0.39 is 5.97 Å². The first kappa shape index (κ1) is 12.3. The second kappa shape index (κ2) is 5.92. The van der Waals surface area contributed by atoms with Gasteiger partial charge in [-0.1, -0.05) is 18.2 Å². The van der Waals surface area contributed by atoms with Gasteiger partial charge in [0.05, 0.1) is 5.57 Å². The Hall–Kier alpha value is -1.81. The van der Waals surface area contributed by atoms with E-state index in [4.69, 9.17) is 9.84 Å². The van der Waals surface area contributed by atoms with E-state index in [0.29, 0.717) is 12.3 Å². The summed E-state index contributed by atoms with van der Waals surface area (Å²) in [6, 6.07) is 9.07. The van der Waals surface area contributed by atoms with Crippen molar-refractivity contribution in [2.45, 2.75) is 0 Å². The molecule has 0 amide bonds. The molecule has 0 unspecified atom stereocenters. The van der Waals surface area contributed by atoms with Crippen LogP contribution in [-0.2, 0) is 4.79 Å². The van der Waals surface area contributed by atoms with Crippen LogP contribution in [0, 0.1) is 0 Å². The Balaban J connectivity index is 2.68. The minimum Gasteiger partial charge on any atom is -0.478 e. The first-order valence-corrected chi connectivity index (χ1v) is 4.88. The van der Waals surface area contributed by atoms with Gasteiger partial charge in [-0.05, 0) is 26.2 Å². The molecule has 1 rings (SSSR count). The van der Waals surface area contributed by atoms with Crippen LogP contribution in [0.3, 0.4) is 0 Å². The van der Waals surface area contributed by atoms with Gasteiger partial charge >= 0.3 is 5.97 Å². The Morgan fingerprint density at radius 2 is 2.00 bits per heavy atom. The average Bonchev–Trinajstić information content (AvgIpc) is 2.25. The summed E-state index contributed by atoms with van der Waals surface area (Å²) in [5.41, 5.74) is 0.217. The van der Waals surface area contributed by atoms with Crippen LogP contribution < -0.4 is 4.74 Å². The molecule has 0 aliphatic carbocycles. The Labute approximate surface area is 94.8 Å². The molecule has 0 radical (unpaired) electrons. The fraction of sp³-hybridized carbons (Fsp3) is 0.250. The Kier molecular flexibility index (Phi) is 4.54. The third-order valence-corrected chi connectivity index (χ3v) is 1.84. The van der Waals surface area contributed by atoms with Gasteiger partial charge < -0.3 is 14.7 Å². The smallest absolute Gasteiger partial charge is 0.336 e. The van der Waals surface area contributed by atoms with Crippen LogP contribution in [0.5, 0.6) is 5.75 Å². The molecule has 0 aliphatic rings. The zero-order valence-electron chi connectivity index (χ0n) is 9.38. The molecule has 1 aromatic carbocycles. The fourth-order valence-electron chi connectivity index (χ4n) is 1.13. The van der Waals surface area contributed by atoms with Crippen LogP contribution in [0.2, 0.25) is 0 Å². The molecule has 0 spiro atoms. The lowest BCUT2D eigenvalue weighted by molar-refractivity contribution is -0.133. The minimum atomic E-state index is -0.968. The predicted molar refractivity (Wildman–Crippen MR) is 61.3 cm³/mol. The van der Waals surface area contributed by atoms with Gasteiger partial charge in [-0.2, -0.15) is 0 Å². The first-order valence-electron chi connectivity index (χ1n) is 4.88. The summed E-state index contributed by atoms with van der Waals surface area (Å²) in [6.45, 7) is 0.335. The number of likely N-dealkylation sites (N-methyl/N-ethyl adjacent to an activating group) is 1. The van der Waals surface area contributed by atoms with Crippen LogP contribution in [0.1, 0.15) is 0 Å². The summed E-state index contributed by atoms with van der Waals surface area (Å²) in [7, 11) is 3.61. The molecule has 0 fully saturated rings. The highest BCUT2D eigenvalue weighted by atomic mass is 16.5. The fourth-order valence-corrected chi connectivity index (χ4v) is 1.13. The maximum atomic E-state index is 10.9. The molecular weight excluding hydrogens is 206 g/mol. The maximum Gasteiger partial charge on any atom is 0.336 e. The summed E-state index contributed by atoms with van der Waals surface area (Å²) in [4.78, 5) is 12.7. The van der Waals surface area contributed by atoms with E-state index in [2.05, 4.69) is 0 Å². The zero-order valence-corrected chi connectivity index (χ0v) is 9.38. The topological polar surface area (TPSA) is 49.8 Å².